The molecule has 0 aliphatic rings. The first-order valence-corrected chi connectivity index (χ1v) is 6.24. The first kappa shape index (κ1) is 12.3. The Kier molecular flexibility index (Phi) is 2.91. The lowest BCUT2D eigenvalue weighted by Crippen LogP contribution is -2.06. The molecule has 0 aliphatic heterocycles. The Hall–Kier alpha value is -2.75. The summed E-state index contributed by atoms with van der Waals surface area (Å²) in [7, 11) is 0. The smallest absolute Gasteiger partial charge is 0.242 e. The van der Waals surface area contributed by atoms with Crippen LogP contribution in [0, 0.1) is 6.92 Å². The summed E-state index contributed by atoms with van der Waals surface area (Å²) in [5.41, 5.74) is 3.67. The zero-order valence-corrected chi connectivity index (χ0v) is 10.9. The van der Waals surface area contributed by atoms with Gasteiger partial charge in [-0.1, -0.05) is 12.1 Å². The molecule has 3 rings (SSSR count). The Bertz CT molecular complexity index is 818. The van der Waals surface area contributed by atoms with E-state index in [2.05, 4.69) is 4.98 Å². The number of pyridine rings is 2. The molecule has 3 aromatic rings. The molecule has 0 fully saturated rings. The van der Waals surface area contributed by atoms with Crippen molar-refractivity contribution in [3.05, 3.63) is 60.2 Å². The van der Waals surface area contributed by atoms with Crippen molar-refractivity contribution in [3.63, 3.8) is 0 Å². The van der Waals surface area contributed by atoms with E-state index in [1.54, 1.807) is 16.8 Å². The Balaban J connectivity index is 2.38. The molecule has 4 heteroatoms. The van der Waals surface area contributed by atoms with E-state index in [1.165, 1.54) is 0 Å². The summed E-state index contributed by atoms with van der Waals surface area (Å²) >= 11 is 0. The number of carbonyl (C=O) groups is 2. The third-order valence-corrected chi connectivity index (χ3v) is 3.32. The average molecular weight is 264 g/mol. The zero-order chi connectivity index (χ0) is 14.1. The molecule has 0 amide bonds. The summed E-state index contributed by atoms with van der Waals surface area (Å²) in [5.74, 6) is -0.533. The third-order valence-electron chi connectivity index (χ3n) is 3.32. The van der Waals surface area contributed by atoms with Crippen molar-refractivity contribution in [2.24, 2.45) is 0 Å². The lowest BCUT2D eigenvalue weighted by atomic mass is 10.0. The molecule has 0 spiro atoms. The Morgan fingerprint density at radius 1 is 1.20 bits per heavy atom. The van der Waals surface area contributed by atoms with E-state index in [9.17, 15) is 9.59 Å². The highest BCUT2D eigenvalue weighted by atomic mass is 16.2. The number of aldehydes is 1. The first-order chi connectivity index (χ1) is 9.72. The molecule has 3 aromatic heterocycles. The van der Waals surface area contributed by atoms with Crippen LogP contribution in [0.2, 0.25) is 0 Å². The second-order valence-electron chi connectivity index (χ2n) is 4.52. The molecule has 0 unspecified atom stereocenters. The fourth-order valence-electron chi connectivity index (χ4n) is 2.41. The van der Waals surface area contributed by atoms with Crippen LogP contribution >= 0.6 is 0 Å². The number of ketones is 1. The molecule has 3 heterocycles. The van der Waals surface area contributed by atoms with Gasteiger partial charge in [0, 0.05) is 34.7 Å². The average Bonchev–Trinajstić information content (AvgIpc) is 2.86. The third kappa shape index (κ3) is 1.82. The van der Waals surface area contributed by atoms with E-state index in [0.29, 0.717) is 12.0 Å². The fraction of sp³-hybridized carbons (Fsp3) is 0.0625. The van der Waals surface area contributed by atoms with Gasteiger partial charge in [-0.3, -0.25) is 14.6 Å². The van der Waals surface area contributed by atoms with Gasteiger partial charge in [-0.05, 0) is 31.2 Å². The normalized spacial score (nSPS) is 10.7. The molecule has 0 radical (unpaired) electrons. The zero-order valence-electron chi connectivity index (χ0n) is 10.9. The molecule has 0 aromatic carbocycles. The SMILES string of the molecule is Cc1ncccc1-c1cc2ccccn2c1C(=O)C=O. The maximum atomic E-state index is 12.0. The molecule has 0 bridgehead atoms. The van der Waals surface area contributed by atoms with Crippen molar-refractivity contribution in [1.29, 1.82) is 0 Å². The van der Waals surface area contributed by atoms with Gasteiger partial charge in [0.2, 0.25) is 5.78 Å². The van der Waals surface area contributed by atoms with Crippen LogP contribution in [0.5, 0.6) is 0 Å². The van der Waals surface area contributed by atoms with Crippen molar-refractivity contribution in [2.75, 3.05) is 0 Å². The fourth-order valence-corrected chi connectivity index (χ4v) is 2.41. The molecule has 98 valence electrons. The number of carbonyl (C=O) groups excluding carboxylic acids is 2. The van der Waals surface area contributed by atoms with Crippen LogP contribution < -0.4 is 0 Å². The van der Waals surface area contributed by atoms with Crippen LogP contribution in [-0.2, 0) is 4.79 Å². The molecule has 0 N–H and O–H groups in total. The minimum atomic E-state index is -0.533. The van der Waals surface area contributed by atoms with Gasteiger partial charge in [-0.2, -0.15) is 0 Å². The number of aryl methyl sites for hydroxylation is 1. The van der Waals surface area contributed by atoms with Crippen LogP contribution in [0.1, 0.15) is 16.2 Å². The van der Waals surface area contributed by atoms with Crippen molar-refractivity contribution in [1.82, 2.24) is 9.38 Å². The van der Waals surface area contributed by atoms with Gasteiger partial charge >= 0.3 is 0 Å². The maximum absolute atomic E-state index is 12.0. The molecule has 4 nitrogen and oxygen atoms in total. The molecule has 0 saturated heterocycles. The van der Waals surface area contributed by atoms with Gasteiger partial charge < -0.3 is 4.40 Å². The molecular weight excluding hydrogens is 252 g/mol. The van der Waals surface area contributed by atoms with Crippen molar-refractivity contribution in [3.8, 4) is 11.1 Å². The second-order valence-corrected chi connectivity index (χ2v) is 4.52. The minimum Gasteiger partial charge on any atom is -0.313 e. The van der Waals surface area contributed by atoms with Crippen LogP contribution in [0.15, 0.2) is 48.8 Å². The Labute approximate surface area is 115 Å². The highest BCUT2D eigenvalue weighted by molar-refractivity contribution is 6.34. The number of rotatable bonds is 3. The number of fused-ring (bicyclic) bond motifs is 1. The van der Waals surface area contributed by atoms with E-state index < -0.39 is 5.78 Å². The van der Waals surface area contributed by atoms with Gasteiger partial charge in [0.25, 0.3) is 0 Å². The van der Waals surface area contributed by atoms with Crippen LogP contribution in [0.25, 0.3) is 16.6 Å². The topological polar surface area (TPSA) is 51.4 Å². The quantitative estimate of drug-likeness (QED) is 0.415. The Morgan fingerprint density at radius 3 is 2.80 bits per heavy atom. The summed E-state index contributed by atoms with van der Waals surface area (Å²) in [4.78, 5) is 27.2. The monoisotopic (exact) mass is 264 g/mol. The largest absolute Gasteiger partial charge is 0.313 e. The maximum Gasteiger partial charge on any atom is 0.242 e. The van der Waals surface area contributed by atoms with Crippen LogP contribution in [0.4, 0.5) is 0 Å². The highest BCUT2D eigenvalue weighted by Crippen LogP contribution is 2.29. The lowest BCUT2D eigenvalue weighted by molar-refractivity contribution is -0.104. The number of nitrogens with zero attached hydrogens (tertiary/aromatic N) is 2. The van der Waals surface area contributed by atoms with Crippen LogP contribution in [-0.4, -0.2) is 21.5 Å². The molecule has 0 saturated carbocycles. The summed E-state index contributed by atoms with van der Waals surface area (Å²) < 4.78 is 1.73. The highest BCUT2D eigenvalue weighted by Gasteiger charge is 2.19. The predicted octanol–water partition coefficient (Wildman–Crippen LogP) is 2.69. The van der Waals surface area contributed by atoms with E-state index in [-0.39, 0.29) is 0 Å². The predicted molar refractivity (Wildman–Crippen MR) is 75.8 cm³/mol. The van der Waals surface area contributed by atoms with E-state index >= 15 is 0 Å². The number of hydrogen-bond acceptors (Lipinski definition) is 3. The van der Waals surface area contributed by atoms with Gasteiger partial charge in [0.05, 0.1) is 0 Å². The van der Waals surface area contributed by atoms with Crippen molar-refractivity contribution >= 4 is 17.6 Å². The molecule has 0 aliphatic carbocycles. The summed E-state index contributed by atoms with van der Waals surface area (Å²) in [6.07, 6.45) is 3.83. The summed E-state index contributed by atoms with van der Waals surface area (Å²) in [6.45, 7) is 1.88. The first-order valence-electron chi connectivity index (χ1n) is 6.24. The standard InChI is InChI=1S/C16H12N2O2/c1-11-13(6-4-7-17-11)14-9-12-5-2-3-8-18(12)16(14)15(20)10-19/h2-10H,1H3. The van der Waals surface area contributed by atoms with Gasteiger partial charge in [0.1, 0.15) is 5.69 Å². The van der Waals surface area contributed by atoms with Crippen LogP contribution in [0.3, 0.4) is 0 Å². The van der Waals surface area contributed by atoms with Gasteiger partial charge in [-0.15, -0.1) is 0 Å². The summed E-state index contributed by atoms with van der Waals surface area (Å²) in [5, 5.41) is 0. The van der Waals surface area contributed by atoms with Crippen molar-refractivity contribution < 1.29 is 9.59 Å². The second kappa shape index (κ2) is 4.74. The molecule has 0 atom stereocenters. The van der Waals surface area contributed by atoms with E-state index in [0.717, 1.165) is 22.3 Å². The van der Waals surface area contributed by atoms with E-state index in [4.69, 9.17) is 0 Å². The Morgan fingerprint density at radius 2 is 2.05 bits per heavy atom. The lowest BCUT2D eigenvalue weighted by Gasteiger charge is -2.05. The minimum absolute atomic E-state index is 0.351. The van der Waals surface area contributed by atoms with Gasteiger partial charge in [-0.25, -0.2) is 0 Å². The number of aromatic nitrogens is 2. The summed E-state index contributed by atoms with van der Waals surface area (Å²) in [6, 6.07) is 11.2. The van der Waals surface area contributed by atoms with Gasteiger partial charge in [0.15, 0.2) is 6.29 Å². The number of hydrogen-bond donors (Lipinski definition) is 0. The molecule has 20 heavy (non-hydrogen) atoms. The van der Waals surface area contributed by atoms with E-state index in [1.807, 2.05) is 43.3 Å². The number of Topliss-reactive ketones (excluding diaryl/α,β-unsaturated/α-hetero) is 1. The molecular formula is C16H12N2O2. The van der Waals surface area contributed by atoms with Crippen molar-refractivity contribution in [2.45, 2.75) is 6.92 Å².